The molecule has 2 heterocycles. The molecule has 0 saturated carbocycles. The summed E-state index contributed by atoms with van der Waals surface area (Å²) in [6.07, 6.45) is 0. The third-order valence-corrected chi connectivity index (χ3v) is 4.64. The van der Waals surface area contributed by atoms with Gasteiger partial charge in [-0.1, -0.05) is 17.7 Å². The molecular formula is C20H27N5O2. The van der Waals surface area contributed by atoms with Crippen LogP contribution in [0, 0.1) is 20.8 Å². The quantitative estimate of drug-likeness (QED) is 0.813. The number of carbonyl (C=O) groups is 1. The maximum Gasteiger partial charge on any atom is 0.271 e. The van der Waals surface area contributed by atoms with Crippen LogP contribution in [0.3, 0.4) is 0 Å². The van der Waals surface area contributed by atoms with Gasteiger partial charge in [0.15, 0.2) is 11.5 Å². The van der Waals surface area contributed by atoms with Gasteiger partial charge >= 0.3 is 0 Å². The number of carbonyl (C=O) groups excluding carboxylic acids is 1. The highest BCUT2D eigenvalue weighted by Gasteiger charge is 2.12. The number of ether oxygens (including phenoxy) is 1. The average Bonchev–Trinajstić information content (AvgIpc) is 2.66. The minimum Gasteiger partial charge on any atom is -0.379 e. The van der Waals surface area contributed by atoms with E-state index in [9.17, 15) is 4.79 Å². The average molecular weight is 369 g/mol. The van der Waals surface area contributed by atoms with Crippen molar-refractivity contribution in [2.45, 2.75) is 20.8 Å². The third kappa shape index (κ3) is 5.24. The van der Waals surface area contributed by atoms with Crippen molar-refractivity contribution in [1.29, 1.82) is 0 Å². The van der Waals surface area contributed by atoms with Gasteiger partial charge in [0.05, 0.1) is 13.2 Å². The second kappa shape index (κ2) is 8.92. The Balaban J connectivity index is 1.54. The molecule has 1 aliphatic heterocycles. The lowest BCUT2D eigenvalue weighted by Gasteiger charge is -2.26. The van der Waals surface area contributed by atoms with Gasteiger partial charge in [-0.25, -0.2) is 0 Å². The zero-order valence-corrected chi connectivity index (χ0v) is 16.2. The Morgan fingerprint density at radius 2 is 1.81 bits per heavy atom. The zero-order valence-electron chi connectivity index (χ0n) is 16.2. The molecule has 1 aromatic carbocycles. The fraction of sp³-hybridized carbons (Fsp3) is 0.450. The molecular weight excluding hydrogens is 342 g/mol. The van der Waals surface area contributed by atoms with Crippen LogP contribution in [0.2, 0.25) is 0 Å². The number of rotatable bonds is 6. The molecule has 144 valence electrons. The third-order valence-electron chi connectivity index (χ3n) is 4.64. The Labute approximate surface area is 160 Å². The van der Waals surface area contributed by atoms with E-state index in [2.05, 4.69) is 58.6 Å². The van der Waals surface area contributed by atoms with Crippen molar-refractivity contribution in [3.8, 4) is 0 Å². The second-order valence-electron chi connectivity index (χ2n) is 6.91. The predicted octanol–water partition coefficient (Wildman–Crippen LogP) is 2.21. The van der Waals surface area contributed by atoms with Gasteiger partial charge in [0.2, 0.25) is 0 Å². The molecule has 0 spiro atoms. The van der Waals surface area contributed by atoms with E-state index in [1.165, 1.54) is 5.56 Å². The van der Waals surface area contributed by atoms with Crippen molar-refractivity contribution in [1.82, 2.24) is 20.4 Å². The second-order valence-corrected chi connectivity index (χ2v) is 6.91. The van der Waals surface area contributed by atoms with E-state index in [4.69, 9.17) is 4.74 Å². The van der Waals surface area contributed by atoms with Crippen LogP contribution in [0.4, 0.5) is 11.5 Å². The molecule has 1 amide bonds. The first-order valence-electron chi connectivity index (χ1n) is 9.30. The number of hydrogen-bond donors (Lipinski definition) is 2. The highest BCUT2D eigenvalue weighted by atomic mass is 16.5. The van der Waals surface area contributed by atoms with Crippen LogP contribution in [0.25, 0.3) is 0 Å². The molecule has 0 unspecified atom stereocenters. The summed E-state index contributed by atoms with van der Waals surface area (Å²) in [5.74, 6) is 0.417. The van der Waals surface area contributed by atoms with Gasteiger partial charge in [-0.2, -0.15) is 0 Å². The molecule has 0 bridgehead atoms. The van der Waals surface area contributed by atoms with E-state index >= 15 is 0 Å². The van der Waals surface area contributed by atoms with Crippen LogP contribution in [0.5, 0.6) is 0 Å². The predicted molar refractivity (Wildman–Crippen MR) is 106 cm³/mol. The fourth-order valence-electron chi connectivity index (χ4n) is 3.27. The standard InChI is InChI=1S/C20H27N5O2/c1-14-12-15(2)19(16(3)13-14)22-18-5-4-17(23-24-18)20(26)21-6-7-25-8-10-27-11-9-25/h4-5,12-13H,6-11H2,1-3H3,(H,21,26)(H,22,24). The number of nitrogens with zero attached hydrogens (tertiary/aromatic N) is 3. The lowest BCUT2D eigenvalue weighted by Crippen LogP contribution is -2.41. The van der Waals surface area contributed by atoms with Gasteiger partial charge in [0.25, 0.3) is 5.91 Å². The van der Waals surface area contributed by atoms with Gasteiger partial charge in [0.1, 0.15) is 0 Å². The fourth-order valence-corrected chi connectivity index (χ4v) is 3.27. The number of benzene rings is 1. The highest BCUT2D eigenvalue weighted by Crippen LogP contribution is 2.24. The van der Waals surface area contributed by atoms with E-state index < -0.39 is 0 Å². The first-order chi connectivity index (χ1) is 13.0. The maximum atomic E-state index is 12.2. The summed E-state index contributed by atoms with van der Waals surface area (Å²) in [4.78, 5) is 14.5. The van der Waals surface area contributed by atoms with Gasteiger partial charge in [-0.3, -0.25) is 9.69 Å². The van der Waals surface area contributed by atoms with E-state index in [1.807, 2.05) is 0 Å². The number of aryl methyl sites for hydroxylation is 3. The smallest absolute Gasteiger partial charge is 0.271 e. The van der Waals surface area contributed by atoms with Crippen LogP contribution in [-0.2, 0) is 4.74 Å². The van der Waals surface area contributed by atoms with Gasteiger partial charge in [-0.05, 0) is 44.0 Å². The largest absolute Gasteiger partial charge is 0.379 e. The molecule has 0 atom stereocenters. The molecule has 0 radical (unpaired) electrons. The van der Waals surface area contributed by atoms with E-state index in [0.29, 0.717) is 18.1 Å². The summed E-state index contributed by atoms with van der Waals surface area (Å²) in [5.41, 5.74) is 4.88. The monoisotopic (exact) mass is 369 g/mol. The summed E-state index contributed by atoms with van der Waals surface area (Å²) in [5, 5.41) is 14.4. The number of aromatic nitrogens is 2. The summed E-state index contributed by atoms with van der Waals surface area (Å²) in [7, 11) is 0. The van der Waals surface area contributed by atoms with Crippen molar-refractivity contribution in [2.24, 2.45) is 0 Å². The van der Waals surface area contributed by atoms with Crippen molar-refractivity contribution < 1.29 is 9.53 Å². The van der Waals surface area contributed by atoms with Crippen molar-refractivity contribution in [3.63, 3.8) is 0 Å². The molecule has 1 saturated heterocycles. The summed E-state index contributed by atoms with van der Waals surface area (Å²) >= 11 is 0. The summed E-state index contributed by atoms with van der Waals surface area (Å²) in [6.45, 7) is 10.9. The molecule has 7 nitrogen and oxygen atoms in total. The number of hydrogen-bond acceptors (Lipinski definition) is 6. The molecule has 1 fully saturated rings. The molecule has 1 aliphatic rings. The Bertz CT molecular complexity index is 762. The molecule has 2 aromatic rings. The number of amides is 1. The van der Waals surface area contributed by atoms with Crippen LogP contribution in [0.1, 0.15) is 27.2 Å². The maximum absolute atomic E-state index is 12.2. The van der Waals surface area contributed by atoms with Gasteiger partial charge in [-0.15, -0.1) is 10.2 Å². The topological polar surface area (TPSA) is 79.4 Å². The van der Waals surface area contributed by atoms with Crippen LogP contribution >= 0.6 is 0 Å². The Kier molecular flexibility index (Phi) is 6.36. The molecule has 27 heavy (non-hydrogen) atoms. The summed E-state index contributed by atoms with van der Waals surface area (Å²) in [6, 6.07) is 7.72. The van der Waals surface area contributed by atoms with Gasteiger partial charge < -0.3 is 15.4 Å². The van der Waals surface area contributed by atoms with Crippen LogP contribution in [-0.4, -0.2) is 60.4 Å². The Hall–Kier alpha value is -2.51. The molecule has 7 heteroatoms. The Morgan fingerprint density at radius 3 is 2.44 bits per heavy atom. The van der Waals surface area contributed by atoms with Crippen molar-refractivity contribution in [3.05, 3.63) is 46.6 Å². The number of nitrogens with one attached hydrogen (secondary N) is 2. The van der Waals surface area contributed by atoms with Crippen LogP contribution in [0.15, 0.2) is 24.3 Å². The van der Waals surface area contributed by atoms with Crippen molar-refractivity contribution >= 4 is 17.4 Å². The Morgan fingerprint density at radius 1 is 1.11 bits per heavy atom. The minimum absolute atomic E-state index is 0.204. The first kappa shape index (κ1) is 19.3. The molecule has 3 rings (SSSR count). The normalized spacial score (nSPS) is 14.8. The SMILES string of the molecule is Cc1cc(C)c(Nc2ccc(C(=O)NCCN3CCOCC3)nn2)c(C)c1. The van der Waals surface area contributed by atoms with Crippen LogP contribution < -0.4 is 10.6 Å². The number of morpholine rings is 1. The number of anilines is 2. The van der Waals surface area contributed by atoms with E-state index in [-0.39, 0.29) is 5.91 Å². The molecule has 1 aromatic heterocycles. The lowest BCUT2D eigenvalue weighted by molar-refractivity contribution is 0.0383. The van der Waals surface area contributed by atoms with E-state index in [1.54, 1.807) is 12.1 Å². The minimum atomic E-state index is -0.204. The first-order valence-corrected chi connectivity index (χ1v) is 9.30. The molecule has 0 aliphatic carbocycles. The lowest BCUT2D eigenvalue weighted by atomic mass is 10.1. The zero-order chi connectivity index (χ0) is 19.2. The van der Waals surface area contributed by atoms with E-state index in [0.717, 1.165) is 49.7 Å². The highest BCUT2D eigenvalue weighted by molar-refractivity contribution is 5.92. The molecule has 2 N–H and O–H groups in total. The van der Waals surface area contributed by atoms with Gasteiger partial charge in [0, 0.05) is 31.9 Å². The van der Waals surface area contributed by atoms with Crippen molar-refractivity contribution in [2.75, 3.05) is 44.7 Å². The summed E-state index contributed by atoms with van der Waals surface area (Å²) < 4.78 is 5.32.